The predicted octanol–water partition coefficient (Wildman–Crippen LogP) is 6.31. The van der Waals surface area contributed by atoms with Crippen LogP contribution >= 0.6 is 35.0 Å². The molecular formula is C24H26N2OS3. The van der Waals surface area contributed by atoms with Gasteiger partial charge < -0.3 is 4.74 Å². The molecule has 6 heteroatoms. The topological polar surface area (TPSA) is 24.5 Å². The van der Waals surface area contributed by atoms with Crippen LogP contribution in [-0.4, -0.2) is 30.1 Å². The highest BCUT2D eigenvalue weighted by Crippen LogP contribution is 2.35. The second-order valence-electron chi connectivity index (χ2n) is 7.92. The summed E-state index contributed by atoms with van der Waals surface area (Å²) in [5.41, 5.74) is 1.37. The standard InChI is InChI=1S/C24H26N2OS3/c1-2-4-22(5-3-1)29-23-14-24(28-17-23)30-25-19-12-13-26(16-19)15-18-6-8-20(9-7-18)27-21-10-11-21/h1-9,14,17,19,21,25H,10-13,15-16H2. The normalized spacial score (nSPS) is 19.3. The van der Waals surface area contributed by atoms with Gasteiger partial charge in [0, 0.05) is 40.8 Å². The SMILES string of the molecule is c1ccc(Sc2csc(SNC3CCN(Cc4ccc(OC5CC5)cc4)C3)c2)cc1. The van der Waals surface area contributed by atoms with Gasteiger partial charge in [-0.25, -0.2) is 0 Å². The van der Waals surface area contributed by atoms with Gasteiger partial charge in [-0.2, -0.15) is 0 Å². The van der Waals surface area contributed by atoms with Crippen LogP contribution in [-0.2, 0) is 6.54 Å². The average molecular weight is 455 g/mol. The molecule has 1 atom stereocenters. The molecule has 5 rings (SSSR count). The number of hydrogen-bond donors (Lipinski definition) is 1. The maximum atomic E-state index is 5.85. The van der Waals surface area contributed by atoms with E-state index in [-0.39, 0.29) is 0 Å². The first-order valence-electron chi connectivity index (χ1n) is 10.5. The van der Waals surface area contributed by atoms with Gasteiger partial charge in [0.1, 0.15) is 5.75 Å². The maximum absolute atomic E-state index is 5.85. The summed E-state index contributed by atoms with van der Waals surface area (Å²) in [5.74, 6) is 1.01. The number of nitrogens with one attached hydrogen (secondary N) is 1. The molecule has 3 nitrogen and oxygen atoms in total. The highest BCUT2D eigenvalue weighted by atomic mass is 32.2. The first kappa shape index (κ1) is 20.5. The Kier molecular flexibility index (Phi) is 6.68. The second-order valence-corrected chi connectivity index (χ2v) is 11.1. The van der Waals surface area contributed by atoms with Crippen LogP contribution in [0.2, 0.25) is 0 Å². The Morgan fingerprint density at radius 3 is 2.63 bits per heavy atom. The lowest BCUT2D eigenvalue weighted by atomic mass is 10.2. The zero-order valence-corrected chi connectivity index (χ0v) is 19.3. The molecule has 2 heterocycles. The first-order chi connectivity index (χ1) is 14.8. The van der Waals surface area contributed by atoms with Gasteiger partial charge in [0.25, 0.3) is 0 Å². The fraction of sp³-hybridized carbons (Fsp3) is 0.333. The van der Waals surface area contributed by atoms with Crippen LogP contribution < -0.4 is 9.46 Å². The molecule has 0 spiro atoms. The van der Waals surface area contributed by atoms with Crippen LogP contribution in [0.15, 0.2) is 80.0 Å². The van der Waals surface area contributed by atoms with Crippen LogP contribution in [0, 0.1) is 0 Å². The number of nitrogens with zero attached hydrogens (tertiary/aromatic N) is 1. The molecule has 1 N–H and O–H groups in total. The van der Waals surface area contributed by atoms with Crippen LogP contribution in [0.3, 0.4) is 0 Å². The summed E-state index contributed by atoms with van der Waals surface area (Å²) in [6.45, 7) is 3.27. The highest BCUT2D eigenvalue weighted by molar-refractivity contribution is 8.00. The average Bonchev–Trinajstić information content (AvgIpc) is 3.28. The van der Waals surface area contributed by atoms with Gasteiger partial charge in [0.05, 0.1) is 10.3 Å². The van der Waals surface area contributed by atoms with E-state index in [1.807, 2.05) is 23.1 Å². The van der Waals surface area contributed by atoms with E-state index >= 15 is 0 Å². The predicted molar refractivity (Wildman–Crippen MR) is 128 cm³/mol. The smallest absolute Gasteiger partial charge is 0.119 e. The lowest BCUT2D eigenvalue weighted by molar-refractivity contribution is 0.302. The molecule has 2 fully saturated rings. The van der Waals surface area contributed by atoms with E-state index in [0.717, 1.165) is 25.4 Å². The van der Waals surface area contributed by atoms with E-state index in [0.29, 0.717) is 12.1 Å². The Labute approximate surface area is 191 Å². The van der Waals surface area contributed by atoms with E-state index < -0.39 is 0 Å². The maximum Gasteiger partial charge on any atom is 0.119 e. The lowest BCUT2D eigenvalue weighted by Crippen LogP contribution is -2.27. The summed E-state index contributed by atoms with van der Waals surface area (Å²) >= 11 is 5.43. The number of likely N-dealkylation sites (tertiary alicyclic amines) is 1. The summed E-state index contributed by atoms with van der Waals surface area (Å²) in [6, 6.07) is 22.1. The van der Waals surface area contributed by atoms with E-state index in [1.165, 1.54) is 38.8 Å². The zero-order chi connectivity index (χ0) is 20.2. The molecule has 3 aromatic rings. The monoisotopic (exact) mass is 454 g/mol. The Balaban J connectivity index is 1.06. The Bertz CT molecular complexity index is 941. The van der Waals surface area contributed by atoms with Crippen molar-refractivity contribution in [2.75, 3.05) is 13.1 Å². The summed E-state index contributed by atoms with van der Waals surface area (Å²) in [7, 11) is 0. The molecule has 1 aliphatic heterocycles. The molecule has 30 heavy (non-hydrogen) atoms. The van der Waals surface area contributed by atoms with E-state index in [1.54, 1.807) is 11.9 Å². The fourth-order valence-corrected chi connectivity index (χ4v) is 6.42. The van der Waals surface area contributed by atoms with Crippen molar-refractivity contribution < 1.29 is 4.74 Å². The molecule has 1 unspecified atom stereocenters. The fourth-order valence-electron chi connectivity index (χ4n) is 3.56. The van der Waals surface area contributed by atoms with Crippen molar-refractivity contribution >= 4 is 35.0 Å². The van der Waals surface area contributed by atoms with Crippen LogP contribution in [0.4, 0.5) is 0 Å². The third-order valence-electron chi connectivity index (χ3n) is 5.29. The minimum absolute atomic E-state index is 0.468. The van der Waals surface area contributed by atoms with Crippen LogP contribution in [0.5, 0.6) is 5.75 Å². The molecule has 156 valence electrons. The van der Waals surface area contributed by atoms with E-state index in [4.69, 9.17) is 4.74 Å². The van der Waals surface area contributed by atoms with E-state index in [9.17, 15) is 0 Å². The van der Waals surface area contributed by atoms with Gasteiger partial charge in [-0.3, -0.25) is 9.62 Å². The third kappa shape index (κ3) is 5.83. The summed E-state index contributed by atoms with van der Waals surface area (Å²) < 4.78 is 10.9. The minimum Gasteiger partial charge on any atom is -0.490 e. The number of ether oxygens (including phenoxy) is 1. The van der Waals surface area contributed by atoms with Crippen LogP contribution in [0.1, 0.15) is 24.8 Å². The van der Waals surface area contributed by atoms with Crippen molar-refractivity contribution in [2.24, 2.45) is 0 Å². The third-order valence-corrected chi connectivity index (χ3v) is 8.44. The Morgan fingerprint density at radius 1 is 1.00 bits per heavy atom. The van der Waals surface area contributed by atoms with Crippen molar-refractivity contribution in [3.63, 3.8) is 0 Å². The molecule has 0 radical (unpaired) electrons. The van der Waals surface area contributed by atoms with Crippen molar-refractivity contribution in [1.82, 2.24) is 9.62 Å². The Hall–Kier alpha value is -1.44. The number of rotatable bonds is 9. The van der Waals surface area contributed by atoms with Gasteiger partial charge in [-0.05, 0) is 67.1 Å². The molecule has 1 aliphatic carbocycles. The summed E-state index contributed by atoms with van der Waals surface area (Å²) in [4.78, 5) is 5.15. The van der Waals surface area contributed by atoms with Gasteiger partial charge in [0.2, 0.25) is 0 Å². The quantitative estimate of drug-likeness (QED) is 0.382. The van der Waals surface area contributed by atoms with Crippen LogP contribution in [0.25, 0.3) is 0 Å². The highest BCUT2D eigenvalue weighted by Gasteiger charge is 2.24. The van der Waals surface area contributed by atoms with Gasteiger partial charge >= 0.3 is 0 Å². The van der Waals surface area contributed by atoms with Crippen molar-refractivity contribution in [3.05, 3.63) is 71.6 Å². The lowest BCUT2D eigenvalue weighted by Gasteiger charge is -2.16. The Morgan fingerprint density at radius 2 is 1.83 bits per heavy atom. The van der Waals surface area contributed by atoms with Gasteiger partial charge in [0.15, 0.2) is 0 Å². The first-order valence-corrected chi connectivity index (χ1v) is 13.0. The number of thiophene rings is 1. The zero-order valence-electron chi connectivity index (χ0n) is 16.8. The summed E-state index contributed by atoms with van der Waals surface area (Å²) in [5, 5.41) is 2.25. The van der Waals surface area contributed by atoms with Crippen molar-refractivity contribution in [1.29, 1.82) is 0 Å². The molecule has 1 aromatic heterocycles. The minimum atomic E-state index is 0.468. The van der Waals surface area contributed by atoms with E-state index in [2.05, 4.69) is 75.7 Å². The molecule has 1 saturated heterocycles. The molecule has 2 aliphatic rings. The molecule has 0 amide bonds. The van der Waals surface area contributed by atoms with Crippen molar-refractivity contribution in [2.45, 2.75) is 52.0 Å². The molecular weight excluding hydrogens is 428 g/mol. The molecule has 2 aromatic carbocycles. The molecule has 1 saturated carbocycles. The second kappa shape index (κ2) is 9.79. The number of benzene rings is 2. The largest absolute Gasteiger partial charge is 0.490 e. The number of hydrogen-bond acceptors (Lipinski definition) is 6. The van der Waals surface area contributed by atoms with Gasteiger partial charge in [-0.1, -0.05) is 42.1 Å². The van der Waals surface area contributed by atoms with Crippen molar-refractivity contribution in [3.8, 4) is 5.75 Å². The summed E-state index contributed by atoms with van der Waals surface area (Å²) in [6.07, 6.45) is 4.09. The van der Waals surface area contributed by atoms with Gasteiger partial charge in [-0.15, -0.1) is 11.3 Å². The molecule has 0 bridgehead atoms.